The molecule has 0 aliphatic heterocycles. The van der Waals surface area contributed by atoms with Gasteiger partial charge in [-0.15, -0.1) is 0 Å². The van der Waals surface area contributed by atoms with Gasteiger partial charge in [-0.05, 0) is 88.4 Å². The van der Waals surface area contributed by atoms with Crippen LogP contribution >= 0.6 is 15.9 Å². The van der Waals surface area contributed by atoms with E-state index in [9.17, 15) is 4.79 Å². The quantitative estimate of drug-likeness (QED) is 0.105. The number of imidazole rings is 1. The summed E-state index contributed by atoms with van der Waals surface area (Å²) in [6.45, 7) is 2.87. The first kappa shape index (κ1) is 25.7. The van der Waals surface area contributed by atoms with Crippen LogP contribution in [0.2, 0.25) is 0 Å². The normalized spacial score (nSPS) is 11.0. The van der Waals surface area contributed by atoms with Crippen molar-refractivity contribution >= 4 is 33.4 Å². The topological polar surface area (TPSA) is 55.6 Å². The predicted octanol–water partition coefficient (Wildman–Crippen LogP) is 8.33. The van der Waals surface area contributed by atoms with Crippen LogP contribution in [0.5, 0.6) is 5.75 Å². The first-order valence-electron chi connectivity index (χ1n) is 13.0. The van der Waals surface area contributed by atoms with Gasteiger partial charge in [-0.2, -0.15) is 0 Å². The lowest BCUT2D eigenvalue weighted by Gasteiger charge is -2.10. The number of halogens is 1. The fourth-order valence-electron chi connectivity index (χ4n) is 4.40. The van der Waals surface area contributed by atoms with E-state index in [1.54, 1.807) is 0 Å². The zero-order chi connectivity index (χ0) is 26.3. The van der Waals surface area contributed by atoms with E-state index in [2.05, 4.69) is 40.3 Å². The first-order chi connectivity index (χ1) is 18.6. The summed E-state index contributed by atoms with van der Waals surface area (Å²) in [6, 6.07) is 29.4. The Bertz CT molecular complexity index is 1510. The number of aromatic nitrogens is 2. The highest BCUT2D eigenvalue weighted by Crippen LogP contribution is 2.31. The minimum absolute atomic E-state index is 0.361. The molecule has 0 atom stereocenters. The second-order valence-electron chi connectivity index (χ2n) is 9.29. The number of aryl methyl sites for hydroxylation is 1. The molecule has 0 radical (unpaired) electrons. The number of carbonyl (C=O) groups excluding carboxylic acids is 1. The number of anilines is 1. The number of nitrogens with zero attached hydrogens (tertiary/aromatic N) is 2. The standard InChI is InChI=1S/C32H30BrN3O2/c1-2-3-5-8-23-11-13-26(14-12-23)32(37)38-28-18-15-25(16-19-28)30-31(34-21-24-9-6-4-7-10-24)36-22-27(33)17-20-29(36)35-30/h4,6-7,9-20,22,34H,2-3,5,8,21H2,1H3. The molecule has 5 aromatic rings. The van der Waals surface area contributed by atoms with Crippen LogP contribution in [0.4, 0.5) is 5.82 Å². The summed E-state index contributed by atoms with van der Waals surface area (Å²) >= 11 is 3.57. The summed E-state index contributed by atoms with van der Waals surface area (Å²) in [5.74, 6) is 1.03. The molecule has 0 bridgehead atoms. The van der Waals surface area contributed by atoms with Crippen molar-refractivity contribution < 1.29 is 9.53 Å². The van der Waals surface area contributed by atoms with Crippen molar-refractivity contribution in [3.8, 4) is 17.0 Å². The molecule has 6 heteroatoms. The summed E-state index contributed by atoms with van der Waals surface area (Å²) in [4.78, 5) is 17.6. The third kappa shape index (κ3) is 6.14. The largest absolute Gasteiger partial charge is 0.423 e. The van der Waals surface area contributed by atoms with Gasteiger partial charge in [0.15, 0.2) is 0 Å². The number of esters is 1. The summed E-state index contributed by atoms with van der Waals surface area (Å²) in [5, 5.41) is 3.56. The lowest BCUT2D eigenvalue weighted by molar-refractivity contribution is 0.0735. The van der Waals surface area contributed by atoms with E-state index in [0.29, 0.717) is 17.9 Å². The SMILES string of the molecule is CCCCCc1ccc(C(=O)Oc2ccc(-c3nc4ccc(Br)cn4c3NCc3ccccc3)cc2)cc1. The molecule has 0 fully saturated rings. The lowest BCUT2D eigenvalue weighted by atomic mass is 10.1. The summed E-state index contributed by atoms with van der Waals surface area (Å²) in [7, 11) is 0. The van der Waals surface area contributed by atoms with Crippen LogP contribution in [-0.4, -0.2) is 15.4 Å². The summed E-state index contributed by atoms with van der Waals surface area (Å²) in [6.07, 6.45) is 6.62. The molecule has 0 aliphatic rings. The average molecular weight is 569 g/mol. The molecule has 0 amide bonds. The molecule has 0 spiro atoms. The van der Waals surface area contributed by atoms with Gasteiger partial charge in [0.1, 0.15) is 22.9 Å². The van der Waals surface area contributed by atoms with Crippen molar-refractivity contribution in [3.63, 3.8) is 0 Å². The van der Waals surface area contributed by atoms with Crippen LogP contribution in [-0.2, 0) is 13.0 Å². The van der Waals surface area contributed by atoms with Crippen molar-refractivity contribution in [1.29, 1.82) is 0 Å². The van der Waals surface area contributed by atoms with E-state index < -0.39 is 0 Å². The van der Waals surface area contributed by atoms with Crippen molar-refractivity contribution in [1.82, 2.24) is 9.38 Å². The summed E-state index contributed by atoms with van der Waals surface area (Å²) < 4.78 is 8.66. The highest BCUT2D eigenvalue weighted by molar-refractivity contribution is 9.10. The predicted molar refractivity (Wildman–Crippen MR) is 157 cm³/mol. The van der Waals surface area contributed by atoms with Gasteiger partial charge in [-0.1, -0.05) is 62.2 Å². The molecule has 0 saturated heterocycles. The van der Waals surface area contributed by atoms with E-state index in [1.165, 1.54) is 30.4 Å². The van der Waals surface area contributed by atoms with Crippen molar-refractivity contribution in [2.75, 3.05) is 5.32 Å². The monoisotopic (exact) mass is 567 g/mol. The van der Waals surface area contributed by atoms with E-state index in [0.717, 1.165) is 33.6 Å². The number of benzene rings is 3. The van der Waals surface area contributed by atoms with Gasteiger partial charge in [0, 0.05) is 22.8 Å². The Morgan fingerprint density at radius 3 is 2.39 bits per heavy atom. The zero-order valence-corrected chi connectivity index (χ0v) is 22.9. The number of unbranched alkanes of at least 4 members (excludes halogenated alkanes) is 2. The Hall–Kier alpha value is -3.90. The zero-order valence-electron chi connectivity index (χ0n) is 21.4. The number of pyridine rings is 1. The second-order valence-corrected chi connectivity index (χ2v) is 10.2. The Kier molecular flexibility index (Phi) is 8.19. The molecule has 0 saturated carbocycles. The minimum Gasteiger partial charge on any atom is -0.423 e. The maximum absolute atomic E-state index is 12.7. The fraction of sp³-hybridized carbons (Fsp3) is 0.188. The van der Waals surface area contributed by atoms with E-state index in [-0.39, 0.29) is 5.97 Å². The van der Waals surface area contributed by atoms with Crippen LogP contribution in [0.3, 0.4) is 0 Å². The number of hydrogen-bond donors (Lipinski definition) is 1. The molecule has 38 heavy (non-hydrogen) atoms. The van der Waals surface area contributed by atoms with Gasteiger partial charge in [-0.3, -0.25) is 4.40 Å². The van der Waals surface area contributed by atoms with Crippen molar-refractivity contribution in [3.05, 3.63) is 118 Å². The molecule has 2 aromatic heterocycles. The maximum atomic E-state index is 12.7. The van der Waals surface area contributed by atoms with Gasteiger partial charge in [0.25, 0.3) is 0 Å². The minimum atomic E-state index is -0.361. The smallest absolute Gasteiger partial charge is 0.343 e. The molecule has 2 heterocycles. The van der Waals surface area contributed by atoms with Gasteiger partial charge in [-0.25, -0.2) is 9.78 Å². The molecule has 1 N–H and O–H groups in total. The lowest BCUT2D eigenvalue weighted by Crippen LogP contribution is -2.08. The molecular formula is C32H30BrN3O2. The number of ether oxygens (including phenoxy) is 1. The van der Waals surface area contributed by atoms with Crippen LogP contribution in [0.15, 0.2) is 102 Å². The molecule has 0 unspecified atom stereocenters. The van der Waals surface area contributed by atoms with Crippen LogP contribution < -0.4 is 10.1 Å². The molecule has 5 rings (SSSR count). The van der Waals surface area contributed by atoms with Gasteiger partial charge in [0.05, 0.1) is 5.56 Å². The summed E-state index contributed by atoms with van der Waals surface area (Å²) in [5.41, 5.74) is 5.57. The molecule has 3 aromatic carbocycles. The van der Waals surface area contributed by atoms with Crippen LogP contribution in [0.25, 0.3) is 16.9 Å². The van der Waals surface area contributed by atoms with Gasteiger partial charge < -0.3 is 10.1 Å². The third-order valence-electron chi connectivity index (χ3n) is 6.48. The number of rotatable bonds is 10. The molecular weight excluding hydrogens is 538 g/mol. The second kappa shape index (κ2) is 12.1. The number of carbonyl (C=O) groups is 1. The van der Waals surface area contributed by atoms with E-state index >= 15 is 0 Å². The molecule has 192 valence electrons. The highest BCUT2D eigenvalue weighted by atomic mass is 79.9. The van der Waals surface area contributed by atoms with E-state index in [1.807, 2.05) is 89.5 Å². The van der Waals surface area contributed by atoms with Crippen molar-refractivity contribution in [2.24, 2.45) is 0 Å². The van der Waals surface area contributed by atoms with Crippen LogP contribution in [0, 0.1) is 0 Å². The Balaban J connectivity index is 1.33. The van der Waals surface area contributed by atoms with Gasteiger partial charge in [0.2, 0.25) is 0 Å². The number of nitrogens with one attached hydrogen (secondary N) is 1. The Morgan fingerprint density at radius 2 is 1.66 bits per heavy atom. The van der Waals surface area contributed by atoms with Gasteiger partial charge >= 0.3 is 5.97 Å². The number of fused-ring (bicyclic) bond motifs is 1. The third-order valence-corrected chi connectivity index (χ3v) is 6.95. The number of hydrogen-bond acceptors (Lipinski definition) is 4. The molecule has 5 nitrogen and oxygen atoms in total. The maximum Gasteiger partial charge on any atom is 0.343 e. The van der Waals surface area contributed by atoms with Crippen molar-refractivity contribution in [2.45, 2.75) is 39.2 Å². The highest BCUT2D eigenvalue weighted by Gasteiger charge is 2.15. The van der Waals surface area contributed by atoms with E-state index in [4.69, 9.17) is 9.72 Å². The Morgan fingerprint density at radius 1 is 0.895 bits per heavy atom. The average Bonchev–Trinajstić information content (AvgIpc) is 3.31. The van der Waals surface area contributed by atoms with Crippen LogP contribution in [0.1, 0.15) is 47.7 Å². The Labute approximate surface area is 231 Å². The first-order valence-corrected chi connectivity index (χ1v) is 13.8. The fourth-order valence-corrected chi connectivity index (χ4v) is 4.74. The molecule has 0 aliphatic carbocycles.